The van der Waals surface area contributed by atoms with Crippen LogP contribution in [0.25, 0.3) is 0 Å². The SMILES string of the molecule is CN1C(C)(COC(=O)CCCCC(=O)OCC2(C)COC(=O)C(C)(C)N2C)COC(=O)C1(C)C. The Morgan fingerprint density at radius 3 is 1.38 bits per heavy atom. The lowest BCUT2D eigenvalue weighted by molar-refractivity contribution is -0.187. The normalized spacial score (nSPS) is 29.2. The molecule has 194 valence electrons. The van der Waals surface area contributed by atoms with Gasteiger partial charge in [-0.3, -0.25) is 29.0 Å². The van der Waals surface area contributed by atoms with Gasteiger partial charge in [-0.15, -0.1) is 0 Å². The number of esters is 4. The molecule has 0 spiro atoms. The van der Waals surface area contributed by atoms with E-state index in [0.717, 1.165) is 0 Å². The van der Waals surface area contributed by atoms with E-state index in [2.05, 4.69) is 0 Å². The highest BCUT2D eigenvalue weighted by atomic mass is 16.6. The number of ether oxygens (including phenoxy) is 4. The van der Waals surface area contributed by atoms with Crippen molar-refractivity contribution in [1.82, 2.24) is 9.80 Å². The van der Waals surface area contributed by atoms with Crippen molar-refractivity contribution in [2.24, 2.45) is 0 Å². The molecule has 2 saturated heterocycles. The molecule has 0 saturated carbocycles. The van der Waals surface area contributed by atoms with Crippen LogP contribution in [0.3, 0.4) is 0 Å². The van der Waals surface area contributed by atoms with E-state index in [9.17, 15) is 19.2 Å². The second kappa shape index (κ2) is 10.2. The van der Waals surface area contributed by atoms with Crippen LogP contribution in [0.2, 0.25) is 0 Å². The van der Waals surface area contributed by atoms with Crippen LogP contribution in [-0.4, -0.2) is 96.4 Å². The number of likely N-dealkylation sites (N-methyl/N-ethyl adjacent to an activating group) is 2. The molecule has 10 nitrogen and oxygen atoms in total. The van der Waals surface area contributed by atoms with Crippen molar-refractivity contribution in [3.8, 4) is 0 Å². The van der Waals surface area contributed by atoms with Crippen molar-refractivity contribution in [2.45, 2.75) is 89.4 Å². The highest BCUT2D eigenvalue weighted by Crippen LogP contribution is 2.31. The van der Waals surface area contributed by atoms with Gasteiger partial charge >= 0.3 is 23.9 Å². The summed E-state index contributed by atoms with van der Waals surface area (Å²) in [5.74, 6) is -1.34. The lowest BCUT2D eigenvalue weighted by atomic mass is 9.91. The molecule has 0 aliphatic carbocycles. The van der Waals surface area contributed by atoms with Crippen LogP contribution in [-0.2, 0) is 38.1 Å². The van der Waals surface area contributed by atoms with Crippen molar-refractivity contribution in [1.29, 1.82) is 0 Å². The first-order chi connectivity index (χ1) is 15.6. The predicted molar refractivity (Wildman–Crippen MR) is 123 cm³/mol. The molecular weight excluding hydrogens is 444 g/mol. The van der Waals surface area contributed by atoms with Crippen molar-refractivity contribution in [3.05, 3.63) is 0 Å². The van der Waals surface area contributed by atoms with Crippen LogP contribution in [0.15, 0.2) is 0 Å². The van der Waals surface area contributed by atoms with Gasteiger partial charge in [0.05, 0.1) is 11.1 Å². The maximum Gasteiger partial charge on any atom is 0.326 e. The summed E-state index contributed by atoms with van der Waals surface area (Å²) in [6.45, 7) is 11.4. The van der Waals surface area contributed by atoms with E-state index in [-0.39, 0.29) is 63.1 Å². The first kappa shape index (κ1) is 28.0. The van der Waals surface area contributed by atoms with Crippen LogP contribution in [0.4, 0.5) is 0 Å². The molecule has 2 atom stereocenters. The lowest BCUT2D eigenvalue weighted by Gasteiger charge is -2.49. The zero-order valence-electron chi connectivity index (χ0n) is 21.8. The molecule has 0 aromatic carbocycles. The average Bonchev–Trinajstić information content (AvgIpc) is 2.78. The van der Waals surface area contributed by atoms with E-state index in [0.29, 0.717) is 12.8 Å². The van der Waals surface area contributed by atoms with E-state index in [1.807, 2.05) is 37.7 Å². The Morgan fingerprint density at radius 2 is 1.06 bits per heavy atom. The summed E-state index contributed by atoms with van der Waals surface area (Å²) in [4.78, 5) is 52.1. The Kier molecular flexibility index (Phi) is 8.41. The van der Waals surface area contributed by atoms with Gasteiger partial charge < -0.3 is 18.9 Å². The Balaban J connectivity index is 1.69. The van der Waals surface area contributed by atoms with Gasteiger partial charge in [-0.05, 0) is 68.5 Å². The predicted octanol–water partition coefficient (Wildman–Crippen LogP) is 1.69. The smallest absolute Gasteiger partial charge is 0.326 e. The van der Waals surface area contributed by atoms with Gasteiger partial charge in [0.15, 0.2) is 0 Å². The van der Waals surface area contributed by atoms with Crippen LogP contribution < -0.4 is 0 Å². The van der Waals surface area contributed by atoms with E-state index < -0.39 is 22.2 Å². The molecule has 0 aromatic rings. The van der Waals surface area contributed by atoms with E-state index in [4.69, 9.17) is 18.9 Å². The molecule has 2 unspecified atom stereocenters. The zero-order chi connectivity index (χ0) is 25.9. The summed E-state index contributed by atoms with van der Waals surface area (Å²) >= 11 is 0. The third kappa shape index (κ3) is 5.89. The van der Waals surface area contributed by atoms with Gasteiger partial charge in [0.2, 0.25) is 0 Å². The Labute approximate surface area is 202 Å². The average molecular weight is 485 g/mol. The molecule has 2 aliphatic heterocycles. The van der Waals surface area contributed by atoms with Crippen LogP contribution >= 0.6 is 0 Å². The topological polar surface area (TPSA) is 112 Å². The zero-order valence-corrected chi connectivity index (χ0v) is 21.8. The maximum atomic E-state index is 12.2. The molecule has 34 heavy (non-hydrogen) atoms. The van der Waals surface area contributed by atoms with Gasteiger partial charge in [-0.1, -0.05) is 0 Å². The van der Waals surface area contributed by atoms with E-state index >= 15 is 0 Å². The van der Waals surface area contributed by atoms with Gasteiger partial charge in [0.1, 0.15) is 37.5 Å². The fraction of sp³-hybridized carbons (Fsp3) is 0.833. The number of morpholine rings is 2. The molecule has 2 aliphatic rings. The third-order valence-electron chi connectivity index (χ3n) is 7.42. The van der Waals surface area contributed by atoms with Crippen LogP contribution in [0.1, 0.15) is 67.2 Å². The van der Waals surface area contributed by atoms with E-state index in [1.165, 1.54) is 0 Å². The van der Waals surface area contributed by atoms with Crippen molar-refractivity contribution >= 4 is 23.9 Å². The Morgan fingerprint density at radius 1 is 0.735 bits per heavy atom. The lowest BCUT2D eigenvalue weighted by Crippen LogP contribution is -2.67. The van der Waals surface area contributed by atoms with E-state index in [1.54, 1.807) is 27.7 Å². The first-order valence-corrected chi connectivity index (χ1v) is 11.7. The van der Waals surface area contributed by atoms with Crippen molar-refractivity contribution < 1.29 is 38.1 Å². The number of cyclic esters (lactones) is 2. The summed E-state index contributed by atoms with van der Waals surface area (Å²) in [6.07, 6.45) is 1.34. The number of rotatable bonds is 9. The second-order valence-electron chi connectivity index (χ2n) is 10.9. The number of hydrogen-bond acceptors (Lipinski definition) is 10. The van der Waals surface area contributed by atoms with Crippen molar-refractivity contribution in [3.63, 3.8) is 0 Å². The highest BCUT2D eigenvalue weighted by Gasteiger charge is 2.50. The monoisotopic (exact) mass is 484 g/mol. The minimum absolute atomic E-state index is 0.105. The highest BCUT2D eigenvalue weighted by molar-refractivity contribution is 5.81. The minimum Gasteiger partial charge on any atom is -0.464 e. The largest absolute Gasteiger partial charge is 0.464 e. The first-order valence-electron chi connectivity index (χ1n) is 11.7. The fourth-order valence-electron chi connectivity index (χ4n) is 4.04. The molecule has 2 rings (SSSR count). The number of carbonyl (C=O) groups is 4. The molecular formula is C24H40N2O8. The summed E-state index contributed by atoms with van der Waals surface area (Å²) < 4.78 is 21.4. The fourth-order valence-corrected chi connectivity index (χ4v) is 4.04. The number of nitrogens with zero attached hydrogens (tertiary/aromatic N) is 2. The molecule has 2 fully saturated rings. The van der Waals surface area contributed by atoms with Gasteiger partial charge in [-0.2, -0.15) is 0 Å². The number of hydrogen-bond donors (Lipinski definition) is 0. The van der Waals surface area contributed by atoms with Crippen molar-refractivity contribution in [2.75, 3.05) is 40.5 Å². The van der Waals surface area contributed by atoms with Crippen LogP contribution in [0.5, 0.6) is 0 Å². The summed E-state index contributed by atoms with van der Waals surface area (Å²) in [7, 11) is 3.63. The second-order valence-corrected chi connectivity index (χ2v) is 10.9. The summed E-state index contributed by atoms with van der Waals surface area (Å²) in [5, 5.41) is 0. The molecule has 0 aromatic heterocycles. The Hall–Kier alpha value is -2.20. The minimum atomic E-state index is -0.805. The quantitative estimate of drug-likeness (QED) is 0.272. The molecule has 2 heterocycles. The van der Waals surface area contributed by atoms with Gasteiger partial charge in [-0.25, -0.2) is 0 Å². The van der Waals surface area contributed by atoms with Gasteiger partial charge in [0, 0.05) is 12.8 Å². The molecule has 0 bridgehead atoms. The number of carbonyl (C=O) groups excluding carboxylic acids is 4. The molecule has 0 radical (unpaired) electrons. The summed E-state index contributed by atoms with van der Waals surface area (Å²) in [6, 6.07) is 0. The van der Waals surface area contributed by atoms with Crippen LogP contribution in [0, 0.1) is 0 Å². The van der Waals surface area contributed by atoms with Gasteiger partial charge in [0.25, 0.3) is 0 Å². The number of unbranched alkanes of at least 4 members (excludes halogenated alkanes) is 1. The standard InChI is InChI=1S/C24H40N2O8/c1-21(2)19(29)33-15-23(5,25(21)7)13-31-17(27)11-9-10-12-18(28)32-14-24(6)16-34-20(30)22(3,4)26(24)8/h9-16H2,1-8H3. The summed E-state index contributed by atoms with van der Waals surface area (Å²) in [5.41, 5.74) is -2.83. The third-order valence-corrected chi connectivity index (χ3v) is 7.42. The molecule has 10 heteroatoms. The molecule has 0 N–H and O–H groups in total. The Bertz CT molecular complexity index is 745. The molecule has 0 amide bonds. The maximum absolute atomic E-state index is 12.2.